The van der Waals surface area contributed by atoms with Gasteiger partial charge in [-0.3, -0.25) is 14.6 Å². The third-order valence-corrected chi connectivity index (χ3v) is 6.80. The number of hydrogen-bond donors (Lipinski definition) is 2. The van der Waals surface area contributed by atoms with Gasteiger partial charge in [-0.2, -0.15) is 0 Å². The third-order valence-electron chi connectivity index (χ3n) is 6.80. The Morgan fingerprint density at radius 3 is 2.87 bits per heavy atom. The van der Waals surface area contributed by atoms with Crippen LogP contribution in [0.4, 0.5) is 5.82 Å². The summed E-state index contributed by atoms with van der Waals surface area (Å²) in [5.74, 6) is 0.145. The van der Waals surface area contributed by atoms with E-state index >= 15 is 0 Å². The van der Waals surface area contributed by atoms with Crippen molar-refractivity contribution in [3.8, 4) is 11.5 Å². The molecule has 0 aromatic carbocycles. The number of aliphatic hydroxyl groups is 1. The minimum absolute atomic E-state index is 0.114. The molecule has 0 spiro atoms. The molecule has 1 atom stereocenters. The average molecular weight is 515 g/mol. The zero-order valence-electron chi connectivity index (χ0n) is 20.7. The number of nitrogens with one attached hydrogen (secondary N) is 1. The van der Waals surface area contributed by atoms with Crippen LogP contribution < -0.4 is 5.32 Å². The van der Waals surface area contributed by atoms with Crippen molar-refractivity contribution < 1.29 is 14.7 Å². The molecule has 1 aliphatic carbocycles. The molecule has 194 valence electrons. The smallest absolute Gasteiger partial charge is 0.275 e. The van der Waals surface area contributed by atoms with Crippen LogP contribution >= 0.6 is 0 Å². The van der Waals surface area contributed by atoms with Gasteiger partial charge >= 0.3 is 0 Å². The summed E-state index contributed by atoms with van der Waals surface area (Å²) in [7, 11) is 0. The molecule has 5 heterocycles. The van der Waals surface area contributed by atoms with Crippen LogP contribution in [0, 0.1) is 0 Å². The summed E-state index contributed by atoms with van der Waals surface area (Å²) in [4.78, 5) is 41.0. The van der Waals surface area contributed by atoms with Crippen LogP contribution in [-0.2, 0) is 13.0 Å². The minimum Gasteiger partial charge on any atom is -0.394 e. The zero-order valence-corrected chi connectivity index (χ0v) is 20.7. The quantitative estimate of drug-likeness (QED) is 0.374. The van der Waals surface area contributed by atoms with E-state index in [0.29, 0.717) is 48.6 Å². The van der Waals surface area contributed by atoms with Gasteiger partial charge in [-0.25, -0.2) is 14.6 Å². The Morgan fingerprint density at radius 1 is 1.18 bits per heavy atom. The Bertz CT molecular complexity index is 1510. The van der Waals surface area contributed by atoms with Gasteiger partial charge in [-0.05, 0) is 65.9 Å². The Morgan fingerprint density at radius 2 is 2.05 bits per heavy atom. The standard InChI is InChI=1S/C25H26N10O3/c1-15(13-36)35-23(30-31-32-35)19-3-2-4-22(28-19)29-24(37)20-9-17-11-33(8-7-16(17)10-26-20)25(38)21-12-34(14-27-21)18-5-6-18/h2-4,9-10,12,14-15,18,36H,5-8,11,13H2,1H3,(H,28,29,37)/t15-/m1/s1. The second kappa shape index (κ2) is 9.74. The maximum Gasteiger partial charge on any atom is 0.275 e. The molecule has 38 heavy (non-hydrogen) atoms. The van der Waals surface area contributed by atoms with Crippen LogP contribution in [0.2, 0.25) is 0 Å². The first kappa shape index (κ1) is 23.9. The Labute approximate surface area is 217 Å². The molecule has 2 N–H and O–H groups in total. The summed E-state index contributed by atoms with van der Waals surface area (Å²) in [6.45, 7) is 2.60. The van der Waals surface area contributed by atoms with Crippen LogP contribution in [-0.4, -0.2) is 74.7 Å². The van der Waals surface area contributed by atoms with Crippen molar-refractivity contribution in [2.24, 2.45) is 0 Å². The molecular formula is C25H26N10O3. The van der Waals surface area contributed by atoms with Gasteiger partial charge in [0.25, 0.3) is 11.8 Å². The lowest BCUT2D eigenvalue weighted by Gasteiger charge is -2.28. The van der Waals surface area contributed by atoms with Gasteiger partial charge in [0.15, 0.2) is 0 Å². The average Bonchev–Trinajstić information content (AvgIpc) is 3.46. The minimum atomic E-state index is -0.424. The summed E-state index contributed by atoms with van der Waals surface area (Å²) in [6.07, 6.45) is 8.16. The number of tetrazole rings is 1. The van der Waals surface area contributed by atoms with Gasteiger partial charge in [0.1, 0.15) is 22.9 Å². The highest BCUT2D eigenvalue weighted by atomic mass is 16.3. The molecule has 4 aromatic rings. The van der Waals surface area contributed by atoms with Gasteiger partial charge in [0, 0.05) is 31.5 Å². The first-order chi connectivity index (χ1) is 18.5. The topological polar surface area (TPSA) is 157 Å². The SMILES string of the molecule is C[C@H](CO)n1nnnc1-c1cccc(NC(=O)c2cc3c(cn2)CCN(C(=O)c2cn(C4CC4)cn2)C3)n1. The fourth-order valence-electron chi connectivity index (χ4n) is 4.46. The molecule has 6 rings (SSSR count). The molecule has 0 radical (unpaired) electrons. The van der Waals surface area contributed by atoms with Gasteiger partial charge in [0.05, 0.1) is 19.0 Å². The van der Waals surface area contributed by atoms with Crippen molar-refractivity contribution in [2.45, 2.75) is 44.8 Å². The summed E-state index contributed by atoms with van der Waals surface area (Å²) >= 11 is 0. The maximum atomic E-state index is 13.1. The predicted molar refractivity (Wildman–Crippen MR) is 134 cm³/mol. The molecule has 1 fully saturated rings. The van der Waals surface area contributed by atoms with Crippen molar-refractivity contribution in [1.82, 2.24) is 44.6 Å². The summed E-state index contributed by atoms with van der Waals surface area (Å²) in [5, 5.41) is 23.8. The number of hydrogen-bond acceptors (Lipinski definition) is 9. The number of anilines is 1. The second-order valence-electron chi connectivity index (χ2n) is 9.59. The van der Waals surface area contributed by atoms with Crippen LogP contribution in [0.15, 0.2) is 43.0 Å². The van der Waals surface area contributed by atoms with E-state index in [2.05, 4.69) is 35.8 Å². The van der Waals surface area contributed by atoms with Crippen molar-refractivity contribution in [3.63, 3.8) is 0 Å². The number of rotatable bonds is 7. The van der Waals surface area contributed by atoms with Crippen molar-refractivity contribution in [1.29, 1.82) is 0 Å². The fraction of sp³-hybridized carbons (Fsp3) is 0.360. The highest BCUT2D eigenvalue weighted by Crippen LogP contribution is 2.34. The van der Waals surface area contributed by atoms with Crippen molar-refractivity contribution in [3.05, 3.63) is 65.5 Å². The fourth-order valence-corrected chi connectivity index (χ4v) is 4.46. The van der Waals surface area contributed by atoms with E-state index < -0.39 is 5.91 Å². The number of aromatic nitrogens is 8. The number of carbonyl (C=O) groups excluding carboxylic acids is 2. The zero-order chi connectivity index (χ0) is 26.2. The van der Waals surface area contributed by atoms with Crippen molar-refractivity contribution in [2.75, 3.05) is 18.5 Å². The highest BCUT2D eigenvalue weighted by molar-refractivity contribution is 6.02. The third kappa shape index (κ3) is 4.63. The van der Waals surface area contributed by atoms with E-state index in [0.717, 1.165) is 24.0 Å². The summed E-state index contributed by atoms with van der Waals surface area (Å²) in [5.41, 5.74) is 3.01. The lowest BCUT2D eigenvalue weighted by atomic mass is 10.0. The molecule has 0 bridgehead atoms. The van der Waals surface area contributed by atoms with E-state index in [-0.39, 0.29) is 24.2 Å². The molecule has 0 saturated heterocycles. The lowest BCUT2D eigenvalue weighted by molar-refractivity contribution is 0.0729. The molecule has 4 aromatic heterocycles. The number of fused-ring (bicyclic) bond motifs is 1. The van der Waals surface area contributed by atoms with Crippen molar-refractivity contribution >= 4 is 17.6 Å². The first-order valence-electron chi connectivity index (χ1n) is 12.5. The Kier molecular flexibility index (Phi) is 6.12. The summed E-state index contributed by atoms with van der Waals surface area (Å²) in [6, 6.07) is 6.96. The van der Waals surface area contributed by atoms with Gasteiger partial charge in [-0.1, -0.05) is 6.07 Å². The van der Waals surface area contributed by atoms with E-state index in [9.17, 15) is 14.7 Å². The van der Waals surface area contributed by atoms with Crippen LogP contribution in [0.3, 0.4) is 0 Å². The van der Waals surface area contributed by atoms with E-state index in [1.165, 1.54) is 4.68 Å². The molecule has 1 aliphatic heterocycles. The Balaban J connectivity index is 1.17. The van der Waals surface area contributed by atoms with Crippen LogP contribution in [0.25, 0.3) is 11.5 Å². The summed E-state index contributed by atoms with van der Waals surface area (Å²) < 4.78 is 3.48. The van der Waals surface area contributed by atoms with Crippen LogP contribution in [0.5, 0.6) is 0 Å². The number of aliphatic hydroxyl groups excluding tert-OH is 1. The van der Waals surface area contributed by atoms with E-state index in [4.69, 9.17) is 0 Å². The molecule has 13 heteroatoms. The lowest BCUT2D eigenvalue weighted by Crippen LogP contribution is -2.36. The molecule has 13 nitrogen and oxygen atoms in total. The number of imidazole rings is 1. The number of pyridine rings is 2. The number of nitrogens with zero attached hydrogens (tertiary/aromatic N) is 9. The van der Waals surface area contributed by atoms with Gasteiger partial charge in [0.2, 0.25) is 5.82 Å². The monoisotopic (exact) mass is 514 g/mol. The number of carbonyl (C=O) groups is 2. The number of amides is 2. The molecule has 0 unspecified atom stereocenters. The van der Waals surface area contributed by atoms with Crippen LogP contribution in [0.1, 0.15) is 64.0 Å². The predicted octanol–water partition coefficient (Wildman–Crippen LogP) is 1.67. The largest absolute Gasteiger partial charge is 0.394 e. The van der Waals surface area contributed by atoms with E-state index in [1.54, 1.807) is 48.6 Å². The molecule has 2 amide bonds. The maximum absolute atomic E-state index is 13.1. The normalized spacial score (nSPS) is 15.7. The second-order valence-corrected chi connectivity index (χ2v) is 9.59. The molecular weight excluding hydrogens is 488 g/mol. The molecule has 1 saturated carbocycles. The van der Waals surface area contributed by atoms with Gasteiger partial charge in [-0.15, -0.1) is 5.10 Å². The molecule has 2 aliphatic rings. The highest BCUT2D eigenvalue weighted by Gasteiger charge is 2.28. The van der Waals surface area contributed by atoms with Gasteiger partial charge < -0.3 is 19.9 Å². The van der Waals surface area contributed by atoms with E-state index in [1.807, 2.05) is 10.8 Å². The Hall–Kier alpha value is -4.52. The first-order valence-corrected chi connectivity index (χ1v) is 12.5.